The molecule has 6 nitrogen and oxygen atoms in total. The molecule has 3 rings (SSSR count). The summed E-state index contributed by atoms with van der Waals surface area (Å²) in [6.45, 7) is 1.61. The summed E-state index contributed by atoms with van der Waals surface area (Å²) >= 11 is 3.22. The molecule has 0 fully saturated rings. The van der Waals surface area contributed by atoms with Crippen molar-refractivity contribution < 1.29 is 26.2 Å². The summed E-state index contributed by atoms with van der Waals surface area (Å²) in [6, 6.07) is 3.20. The van der Waals surface area contributed by atoms with Crippen molar-refractivity contribution in [3.8, 4) is 5.75 Å². The second-order valence-corrected chi connectivity index (χ2v) is 8.27. The van der Waals surface area contributed by atoms with E-state index >= 15 is 0 Å². The molecule has 0 aliphatic rings. The minimum atomic E-state index is -4.05. The second kappa shape index (κ2) is 7.35. The number of pyridine rings is 1. The molecule has 27 heavy (non-hydrogen) atoms. The van der Waals surface area contributed by atoms with Crippen molar-refractivity contribution in [1.29, 1.82) is 0 Å². The number of aromatic nitrogens is 2. The van der Waals surface area contributed by atoms with Crippen LogP contribution < -0.4 is 4.18 Å². The highest BCUT2D eigenvalue weighted by Crippen LogP contribution is 2.29. The van der Waals surface area contributed by atoms with E-state index in [0.29, 0.717) is 15.5 Å². The molecule has 10 heteroatoms. The minimum absolute atomic E-state index is 0.00911. The molecule has 3 aromatic rings. The number of aromatic amines is 1. The third-order valence-corrected chi connectivity index (χ3v) is 5.47. The predicted octanol–water partition coefficient (Wildman–Crippen LogP) is 3.95. The minimum Gasteiger partial charge on any atom is -0.379 e. The van der Waals surface area contributed by atoms with E-state index in [2.05, 4.69) is 25.9 Å². The van der Waals surface area contributed by atoms with E-state index in [1.807, 2.05) is 0 Å². The van der Waals surface area contributed by atoms with Gasteiger partial charge in [-0.15, -0.1) is 0 Å². The van der Waals surface area contributed by atoms with E-state index in [1.54, 1.807) is 13.0 Å². The van der Waals surface area contributed by atoms with Gasteiger partial charge in [-0.05, 0) is 40.5 Å². The van der Waals surface area contributed by atoms with Crippen LogP contribution in [0.2, 0.25) is 0 Å². The lowest BCUT2D eigenvalue weighted by atomic mass is 10.0. The first-order valence-electron chi connectivity index (χ1n) is 7.81. The van der Waals surface area contributed by atoms with Crippen LogP contribution in [-0.4, -0.2) is 29.9 Å². The first-order chi connectivity index (χ1) is 12.7. The maximum absolute atomic E-state index is 14.7. The number of carbonyl (C=O) groups excluding carboxylic acids is 1. The molecule has 142 valence electrons. The number of carbonyl (C=O) groups is 1. The number of halogens is 3. The Morgan fingerprint density at radius 3 is 2.78 bits per heavy atom. The van der Waals surface area contributed by atoms with Crippen LogP contribution in [0.15, 0.2) is 35.1 Å². The average Bonchev–Trinajstić information content (AvgIpc) is 3.00. The summed E-state index contributed by atoms with van der Waals surface area (Å²) in [7, 11) is -4.05. The van der Waals surface area contributed by atoms with E-state index in [0.717, 1.165) is 12.1 Å². The smallest absolute Gasteiger partial charge is 0.309 e. The molecule has 0 saturated heterocycles. The third kappa shape index (κ3) is 3.86. The molecule has 1 N–H and O–H groups in total. The Morgan fingerprint density at radius 2 is 2.07 bits per heavy atom. The van der Waals surface area contributed by atoms with Gasteiger partial charge in [-0.1, -0.05) is 6.92 Å². The average molecular weight is 459 g/mol. The van der Waals surface area contributed by atoms with Crippen molar-refractivity contribution in [3.63, 3.8) is 0 Å². The number of ketones is 1. The number of hydrogen-bond donors (Lipinski definition) is 1. The summed E-state index contributed by atoms with van der Waals surface area (Å²) in [5, 5.41) is 0.359. The summed E-state index contributed by atoms with van der Waals surface area (Å²) in [6.07, 6.45) is 3.04. The fourth-order valence-electron chi connectivity index (χ4n) is 2.53. The topological polar surface area (TPSA) is 89.1 Å². The standard InChI is InChI=1S/C17H13BrF2N2O4S/c1-2-5-27(24,25)26-13-4-3-12(19)14(15(13)20)16(23)11-8-22-17-10(11)6-9(18)7-21-17/h3-4,6-8H,2,5H2,1H3,(H,21,22). The van der Waals surface area contributed by atoms with E-state index in [4.69, 9.17) is 4.18 Å². The fourth-order valence-corrected chi connectivity index (χ4v) is 3.85. The van der Waals surface area contributed by atoms with Crippen LogP contribution in [0.3, 0.4) is 0 Å². The SMILES string of the molecule is CCCS(=O)(=O)Oc1ccc(F)c(C(=O)c2c[nH]c3ncc(Br)cc23)c1F. The highest BCUT2D eigenvalue weighted by Gasteiger charge is 2.26. The number of fused-ring (bicyclic) bond motifs is 1. The molecule has 0 amide bonds. The Kier molecular flexibility index (Phi) is 5.29. The second-order valence-electron chi connectivity index (χ2n) is 5.66. The van der Waals surface area contributed by atoms with Crippen molar-refractivity contribution in [1.82, 2.24) is 9.97 Å². The lowest BCUT2D eigenvalue weighted by Gasteiger charge is -2.10. The predicted molar refractivity (Wildman–Crippen MR) is 98.3 cm³/mol. The first kappa shape index (κ1) is 19.4. The van der Waals surface area contributed by atoms with Crippen LogP contribution in [0.25, 0.3) is 11.0 Å². The van der Waals surface area contributed by atoms with E-state index in [9.17, 15) is 22.0 Å². The van der Waals surface area contributed by atoms with Gasteiger partial charge >= 0.3 is 10.1 Å². The van der Waals surface area contributed by atoms with Crippen molar-refractivity contribution in [3.05, 3.63) is 57.8 Å². The van der Waals surface area contributed by atoms with Gasteiger partial charge in [0.2, 0.25) is 5.78 Å². The Balaban J connectivity index is 2.09. The molecule has 0 aliphatic carbocycles. The van der Waals surface area contributed by atoms with Gasteiger partial charge in [0.05, 0.1) is 11.3 Å². The van der Waals surface area contributed by atoms with Gasteiger partial charge in [0.25, 0.3) is 0 Å². The fraction of sp³-hybridized carbons (Fsp3) is 0.176. The van der Waals surface area contributed by atoms with Gasteiger partial charge in [0.1, 0.15) is 11.5 Å². The zero-order valence-electron chi connectivity index (χ0n) is 13.9. The van der Waals surface area contributed by atoms with Crippen molar-refractivity contribution >= 4 is 42.9 Å². The van der Waals surface area contributed by atoms with Crippen LogP contribution in [0.5, 0.6) is 5.75 Å². The van der Waals surface area contributed by atoms with Crippen LogP contribution in [0.1, 0.15) is 29.3 Å². The number of rotatable bonds is 6. The monoisotopic (exact) mass is 458 g/mol. The van der Waals surface area contributed by atoms with E-state index < -0.39 is 38.8 Å². The Morgan fingerprint density at radius 1 is 1.33 bits per heavy atom. The normalized spacial score (nSPS) is 11.7. The molecule has 0 unspecified atom stereocenters. The Labute approximate surface area is 161 Å². The van der Waals surface area contributed by atoms with Crippen molar-refractivity contribution in [2.24, 2.45) is 0 Å². The molecule has 1 aromatic carbocycles. The molecule has 0 aliphatic heterocycles. The summed E-state index contributed by atoms with van der Waals surface area (Å²) < 4.78 is 57.8. The molecular formula is C17H13BrF2N2O4S. The molecular weight excluding hydrogens is 446 g/mol. The lowest BCUT2D eigenvalue weighted by molar-refractivity contribution is 0.103. The van der Waals surface area contributed by atoms with Crippen molar-refractivity contribution in [2.45, 2.75) is 13.3 Å². The van der Waals surface area contributed by atoms with Crippen molar-refractivity contribution in [2.75, 3.05) is 5.75 Å². The maximum atomic E-state index is 14.7. The molecule has 2 heterocycles. The van der Waals surface area contributed by atoms with Crippen LogP contribution in [-0.2, 0) is 10.1 Å². The maximum Gasteiger partial charge on any atom is 0.309 e. The Bertz CT molecular complexity index is 1150. The summed E-state index contributed by atoms with van der Waals surface area (Å²) in [4.78, 5) is 19.6. The van der Waals surface area contributed by atoms with Gasteiger partial charge in [-0.2, -0.15) is 8.42 Å². The number of H-pyrrole nitrogens is 1. The summed E-state index contributed by atoms with van der Waals surface area (Å²) in [5.41, 5.74) is -0.550. The zero-order valence-corrected chi connectivity index (χ0v) is 16.3. The van der Waals surface area contributed by atoms with Gasteiger partial charge in [-0.3, -0.25) is 4.79 Å². The Hall–Kier alpha value is -2.33. The highest BCUT2D eigenvalue weighted by molar-refractivity contribution is 9.10. The largest absolute Gasteiger partial charge is 0.379 e. The molecule has 0 radical (unpaired) electrons. The van der Waals surface area contributed by atoms with E-state index in [1.165, 1.54) is 12.4 Å². The molecule has 0 spiro atoms. The summed E-state index contributed by atoms with van der Waals surface area (Å²) in [5.74, 6) is -4.54. The van der Waals surface area contributed by atoms with Crippen LogP contribution >= 0.6 is 15.9 Å². The van der Waals surface area contributed by atoms with E-state index in [-0.39, 0.29) is 17.7 Å². The van der Waals surface area contributed by atoms with Gasteiger partial charge in [0.15, 0.2) is 11.6 Å². The number of nitrogens with zero attached hydrogens (tertiary/aromatic N) is 1. The van der Waals surface area contributed by atoms with Gasteiger partial charge < -0.3 is 9.17 Å². The van der Waals surface area contributed by atoms with Crippen LogP contribution in [0, 0.1) is 11.6 Å². The molecule has 0 saturated carbocycles. The van der Waals surface area contributed by atoms with Crippen LogP contribution in [0.4, 0.5) is 8.78 Å². The van der Waals surface area contributed by atoms with Gasteiger partial charge in [-0.25, -0.2) is 13.8 Å². The van der Waals surface area contributed by atoms with Gasteiger partial charge in [0, 0.05) is 27.8 Å². The number of hydrogen-bond acceptors (Lipinski definition) is 5. The molecule has 0 bridgehead atoms. The number of nitrogens with one attached hydrogen (secondary N) is 1. The zero-order chi connectivity index (χ0) is 19.8. The molecule has 2 aromatic heterocycles. The first-order valence-corrected chi connectivity index (χ1v) is 10.2. The molecule has 0 atom stereocenters. The third-order valence-electron chi connectivity index (χ3n) is 3.70. The number of benzene rings is 1. The quantitative estimate of drug-likeness (QED) is 0.446. The lowest BCUT2D eigenvalue weighted by Crippen LogP contribution is -2.16. The highest BCUT2D eigenvalue weighted by atomic mass is 79.9.